The van der Waals surface area contributed by atoms with E-state index in [1.807, 2.05) is 6.07 Å². The number of para-hydroxylation sites is 1. The Kier molecular flexibility index (Phi) is 6.56. The van der Waals surface area contributed by atoms with E-state index in [4.69, 9.17) is 4.42 Å². The molecular weight excluding hydrogens is 444 g/mol. The fraction of sp³-hybridized carbons (Fsp3) is 0.0435. The third-order valence-electron chi connectivity index (χ3n) is 4.54. The van der Waals surface area contributed by atoms with E-state index >= 15 is 0 Å². The molecule has 0 bridgehead atoms. The highest BCUT2D eigenvalue weighted by Crippen LogP contribution is 2.25. The van der Waals surface area contributed by atoms with Crippen LogP contribution in [0, 0.1) is 10.1 Å². The second-order valence-electron chi connectivity index (χ2n) is 6.75. The Morgan fingerprint density at radius 2 is 1.64 bits per heavy atom. The number of carbonyl (C=O) groups excluding carboxylic acids is 2. The Bertz CT molecular complexity index is 1310. The number of thioether (sulfide) groups is 1. The third-order valence-corrected chi connectivity index (χ3v) is 5.36. The van der Waals surface area contributed by atoms with Gasteiger partial charge in [-0.25, -0.2) is 0 Å². The predicted molar refractivity (Wildman–Crippen MR) is 122 cm³/mol. The Balaban J connectivity index is 1.39. The minimum atomic E-state index is -0.497. The lowest BCUT2D eigenvalue weighted by atomic mass is 10.0. The van der Waals surface area contributed by atoms with Crippen LogP contribution in [0.5, 0.6) is 0 Å². The molecule has 1 amide bonds. The predicted octanol–water partition coefficient (Wildman–Crippen LogP) is 4.61. The molecule has 33 heavy (non-hydrogen) atoms. The molecule has 0 fully saturated rings. The molecule has 9 nitrogen and oxygen atoms in total. The number of carbonyl (C=O) groups is 2. The lowest BCUT2D eigenvalue weighted by molar-refractivity contribution is -0.384. The highest BCUT2D eigenvalue weighted by molar-refractivity contribution is 7.99. The lowest BCUT2D eigenvalue weighted by Gasteiger charge is -2.10. The summed E-state index contributed by atoms with van der Waals surface area (Å²) in [4.78, 5) is 35.5. The molecular formula is C23H16N4O5S. The fourth-order valence-corrected chi connectivity index (χ4v) is 3.52. The standard InChI is InChI=1S/C23H16N4O5S/c28-20(24-19-9-5-4-8-18(19)21(29)15-6-2-1-3-7-15)14-33-23-26-25-22(32-23)16-10-12-17(13-11-16)27(30)31/h1-13H,14H2,(H,24,28). The van der Waals surface area contributed by atoms with Gasteiger partial charge in [0, 0.05) is 28.8 Å². The van der Waals surface area contributed by atoms with Gasteiger partial charge in [-0.3, -0.25) is 19.7 Å². The van der Waals surface area contributed by atoms with Crippen LogP contribution in [-0.2, 0) is 4.79 Å². The SMILES string of the molecule is O=C(CSc1nnc(-c2ccc([N+](=O)[O-])cc2)o1)Nc1ccccc1C(=O)c1ccccc1. The molecule has 0 spiro atoms. The van der Waals surface area contributed by atoms with E-state index in [1.54, 1.807) is 48.5 Å². The first-order chi connectivity index (χ1) is 16.0. The Morgan fingerprint density at radius 3 is 2.36 bits per heavy atom. The van der Waals surface area contributed by atoms with Crippen LogP contribution in [0.25, 0.3) is 11.5 Å². The van der Waals surface area contributed by atoms with Crippen molar-refractivity contribution in [2.45, 2.75) is 5.22 Å². The molecule has 164 valence electrons. The number of hydrogen-bond donors (Lipinski definition) is 1. The van der Waals surface area contributed by atoms with Gasteiger partial charge in [-0.15, -0.1) is 10.2 Å². The second kappa shape index (κ2) is 9.88. The van der Waals surface area contributed by atoms with Crippen LogP contribution >= 0.6 is 11.8 Å². The van der Waals surface area contributed by atoms with Crippen molar-refractivity contribution >= 4 is 34.8 Å². The maximum atomic E-state index is 12.8. The van der Waals surface area contributed by atoms with Gasteiger partial charge in [0.15, 0.2) is 5.78 Å². The molecule has 0 aliphatic carbocycles. The summed E-state index contributed by atoms with van der Waals surface area (Å²) in [6, 6.07) is 21.3. The molecule has 1 heterocycles. The van der Waals surface area contributed by atoms with E-state index in [2.05, 4.69) is 15.5 Å². The van der Waals surface area contributed by atoms with Gasteiger partial charge in [0.2, 0.25) is 11.8 Å². The molecule has 4 rings (SSSR count). The van der Waals surface area contributed by atoms with Crippen LogP contribution in [0.2, 0.25) is 0 Å². The zero-order chi connectivity index (χ0) is 23.2. The van der Waals surface area contributed by atoms with E-state index in [0.29, 0.717) is 22.4 Å². The summed E-state index contributed by atoms with van der Waals surface area (Å²) in [5.74, 6) is -0.366. The number of nitrogens with zero attached hydrogens (tertiary/aromatic N) is 3. The highest BCUT2D eigenvalue weighted by Gasteiger charge is 2.16. The number of anilines is 1. The summed E-state index contributed by atoms with van der Waals surface area (Å²) in [5.41, 5.74) is 1.81. The Morgan fingerprint density at radius 1 is 0.939 bits per heavy atom. The third kappa shape index (κ3) is 5.31. The summed E-state index contributed by atoms with van der Waals surface area (Å²) in [5, 5.41) is 21.5. The smallest absolute Gasteiger partial charge is 0.277 e. The van der Waals surface area contributed by atoms with E-state index in [0.717, 1.165) is 11.8 Å². The van der Waals surface area contributed by atoms with Crippen molar-refractivity contribution in [3.05, 3.63) is 100 Å². The zero-order valence-corrected chi connectivity index (χ0v) is 17.8. The average molecular weight is 460 g/mol. The van der Waals surface area contributed by atoms with Crippen molar-refractivity contribution in [2.24, 2.45) is 0 Å². The number of nitrogens with one attached hydrogen (secondary N) is 1. The van der Waals surface area contributed by atoms with Gasteiger partial charge in [0.05, 0.1) is 16.4 Å². The monoisotopic (exact) mass is 460 g/mol. The average Bonchev–Trinajstić information content (AvgIpc) is 3.32. The molecule has 0 atom stereocenters. The lowest BCUT2D eigenvalue weighted by Crippen LogP contribution is -2.17. The first kappa shape index (κ1) is 21.9. The zero-order valence-electron chi connectivity index (χ0n) is 17.0. The molecule has 0 saturated heterocycles. The largest absolute Gasteiger partial charge is 0.411 e. The van der Waals surface area contributed by atoms with Gasteiger partial charge in [0.25, 0.3) is 10.9 Å². The van der Waals surface area contributed by atoms with Crippen molar-refractivity contribution in [2.75, 3.05) is 11.1 Å². The maximum absolute atomic E-state index is 12.8. The number of benzene rings is 3. The van der Waals surface area contributed by atoms with Crippen LogP contribution in [0.15, 0.2) is 88.5 Å². The first-order valence-electron chi connectivity index (χ1n) is 9.71. The van der Waals surface area contributed by atoms with Crippen molar-refractivity contribution in [1.82, 2.24) is 10.2 Å². The van der Waals surface area contributed by atoms with Crippen molar-refractivity contribution < 1.29 is 18.9 Å². The second-order valence-corrected chi connectivity index (χ2v) is 7.68. The van der Waals surface area contributed by atoms with Crippen LogP contribution in [-0.4, -0.2) is 32.6 Å². The number of amides is 1. The van der Waals surface area contributed by atoms with Gasteiger partial charge < -0.3 is 9.73 Å². The molecule has 0 aliphatic heterocycles. The van der Waals surface area contributed by atoms with Gasteiger partial charge in [-0.1, -0.05) is 54.2 Å². The molecule has 0 saturated carbocycles. The molecule has 1 aromatic heterocycles. The first-order valence-corrected chi connectivity index (χ1v) is 10.7. The number of rotatable bonds is 8. The van der Waals surface area contributed by atoms with Crippen molar-refractivity contribution in [1.29, 1.82) is 0 Å². The molecule has 0 radical (unpaired) electrons. The number of aromatic nitrogens is 2. The van der Waals surface area contributed by atoms with E-state index < -0.39 is 4.92 Å². The van der Waals surface area contributed by atoms with Crippen molar-refractivity contribution in [3.63, 3.8) is 0 Å². The number of nitro groups is 1. The van der Waals surface area contributed by atoms with Gasteiger partial charge >= 0.3 is 0 Å². The van der Waals surface area contributed by atoms with E-state index in [-0.39, 0.29) is 34.2 Å². The molecule has 1 N–H and O–H groups in total. The maximum Gasteiger partial charge on any atom is 0.277 e. The number of ketones is 1. The Hall–Kier alpha value is -4.31. The molecule has 0 unspecified atom stereocenters. The quantitative estimate of drug-likeness (QED) is 0.175. The summed E-state index contributed by atoms with van der Waals surface area (Å²) < 4.78 is 5.53. The molecule has 4 aromatic rings. The molecule has 3 aromatic carbocycles. The molecule has 0 aliphatic rings. The summed E-state index contributed by atoms with van der Waals surface area (Å²) >= 11 is 1.04. The normalized spacial score (nSPS) is 10.5. The van der Waals surface area contributed by atoms with Crippen LogP contribution in [0.3, 0.4) is 0 Å². The van der Waals surface area contributed by atoms with Crippen LogP contribution in [0.1, 0.15) is 15.9 Å². The van der Waals surface area contributed by atoms with Gasteiger partial charge in [0.1, 0.15) is 0 Å². The summed E-state index contributed by atoms with van der Waals surface area (Å²) in [6.45, 7) is 0. The number of non-ortho nitro benzene ring substituents is 1. The summed E-state index contributed by atoms with van der Waals surface area (Å²) in [6.07, 6.45) is 0. The number of nitro benzene ring substituents is 1. The van der Waals surface area contributed by atoms with Crippen molar-refractivity contribution in [3.8, 4) is 11.5 Å². The van der Waals surface area contributed by atoms with Gasteiger partial charge in [-0.05, 0) is 24.3 Å². The molecule has 10 heteroatoms. The summed E-state index contributed by atoms with van der Waals surface area (Å²) in [7, 11) is 0. The van der Waals surface area contributed by atoms with Gasteiger partial charge in [-0.2, -0.15) is 0 Å². The Labute approximate surface area is 192 Å². The van der Waals surface area contributed by atoms with E-state index in [1.165, 1.54) is 24.3 Å². The van der Waals surface area contributed by atoms with E-state index in [9.17, 15) is 19.7 Å². The number of hydrogen-bond acceptors (Lipinski definition) is 8. The minimum Gasteiger partial charge on any atom is -0.411 e. The minimum absolute atomic E-state index is 0.0181. The topological polar surface area (TPSA) is 128 Å². The van der Waals surface area contributed by atoms with Crippen LogP contribution < -0.4 is 5.32 Å². The van der Waals surface area contributed by atoms with Crippen LogP contribution in [0.4, 0.5) is 11.4 Å². The fourth-order valence-electron chi connectivity index (χ4n) is 2.96. The highest BCUT2D eigenvalue weighted by atomic mass is 32.2.